The Morgan fingerprint density at radius 1 is 0.828 bits per heavy atom. The first-order valence-corrected chi connectivity index (χ1v) is 8.97. The number of rotatable bonds is 6. The molecule has 0 atom stereocenters. The Bertz CT molecular complexity index is 1100. The van der Waals surface area contributed by atoms with Crippen molar-refractivity contribution in [2.75, 3.05) is 10.6 Å². The third-order valence-electron chi connectivity index (χ3n) is 4.16. The van der Waals surface area contributed by atoms with E-state index in [1.807, 2.05) is 42.5 Å². The van der Waals surface area contributed by atoms with E-state index >= 15 is 0 Å². The highest BCUT2D eigenvalue weighted by molar-refractivity contribution is 5.67. The number of hydrogen-bond acceptors (Lipinski definition) is 5. The number of anilines is 3. The van der Waals surface area contributed by atoms with Crippen LogP contribution in [0.2, 0.25) is 0 Å². The van der Waals surface area contributed by atoms with E-state index in [4.69, 9.17) is 0 Å². The average molecular weight is 389 g/mol. The molecule has 2 aromatic heterocycles. The van der Waals surface area contributed by atoms with Gasteiger partial charge in [0.25, 0.3) is 0 Å². The maximum absolute atomic E-state index is 13.5. The molecule has 0 saturated carbocycles. The van der Waals surface area contributed by atoms with Crippen LogP contribution in [-0.4, -0.2) is 15.0 Å². The lowest BCUT2D eigenvalue weighted by Gasteiger charge is -2.12. The molecule has 0 aliphatic carbocycles. The summed E-state index contributed by atoms with van der Waals surface area (Å²) in [7, 11) is 0. The summed E-state index contributed by atoms with van der Waals surface area (Å²) in [6, 6.07) is 18.8. The summed E-state index contributed by atoms with van der Waals surface area (Å²) in [5, 5.41) is 6.19. The van der Waals surface area contributed by atoms with Gasteiger partial charge in [0.05, 0.1) is 5.69 Å². The number of pyridine rings is 1. The number of aromatic nitrogens is 3. The van der Waals surface area contributed by atoms with Crippen LogP contribution in [-0.2, 0) is 6.54 Å². The monoisotopic (exact) mass is 389 g/mol. The lowest BCUT2D eigenvalue weighted by molar-refractivity contribution is 0.509. The molecule has 0 unspecified atom stereocenters. The predicted molar refractivity (Wildman–Crippen MR) is 109 cm³/mol. The smallest absolute Gasteiger partial charge is 0.225 e. The third-order valence-corrected chi connectivity index (χ3v) is 4.16. The Hall–Kier alpha value is -3.87. The summed E-state index contributed by atoms with van der Waals surface area (Å²) in [5.41, 5.74) is 2.98. The third kappa shape index (κ3) is 4.70. The average Bonchev–Trinajstić information content (AvgIpc) is 2.76. The zero-order chi connectivity index (χ0) is 20.1. The Kier molecular flexibility index (Phi) is 5.38. The van der Waals surface area contributed by atoms with E-state index in [1.165, 1.54) is 6.07 Å². The zero-order valence-electron chi connectivity index (χ0n) is 15.3. The minimum Gasteiger partial charge on any atom is -0.350 e. The fraction of sp³-hybridized carbons (Fsp3) is 0.0455. The highest BCUT2D eigenvalue weighted by Crippen LogP contribution is 2.24. The lowest BCUT2D eigenvalue weighted by atomic mass is 10.1. The maximum Gasteiger partial charge on any atom is 0.225 e. The van der Waals surface area contributed by atoms with Gasteiger partial charge in [0, 0.05) is 42.3 Å². The molecular weight excluding hydrogens is 372 g/mol. The van der Waals surface area contributed by atoms with E-state index in [0.717, 1.165) is 23.3 Å². The van der Waals surface area contributed by atoms with Crippen LogP contribution in [0.15, 0.2) is 79.1 Å². The fourth-order valence-electron chi connectivity index (χ4n) is 2.75. The van der Waals surface area contributed by atoms with Gasteiger partial charge in [0.1, 0.15) is 5.82 Å². The number of benzene rings is 2. The molecule has 2 heterocycles. The summed E-state index contributed by atoms with van der Waals surface area (Å²) >= 11 is 0. The van der Waals surface area contributed by atoms with Crippen molar-refractivity contribution in [3.8, 4) is 11.3 Å². The topological polar surface area (TPSA) is 62.7 Å². The van der Waals surface area contributed by atoms with Gasteiger partial charge in [-0.2, -0.15) is 4.98 Å². The standard InChI is InChI=1S/C22H17F2N5/c23-18-9-8-17(11-19(18)24)27-21-12-20(16-6-2-1-3-7-16)28-22(29-21)26-14-15-5-4-10-25-13-15/h1-13H,14H2,(H2,26,27,28,29). The Labute approximate surface area is 166 Å². The molecule has 0 bridgehead atoms. The van der Waals surface area contributed by atoms with E-state index in [1.54, 1.807) is 18.5 Å². The van der Waals surface area contributed by atoms with Crippen molar-refractivity contribution in [1.82, 2.24) is 15.0 Å². The molecule has 0 fully saturated rings. The molecule has 29 heavy (non-hydrogen) atoms. The van der Waals surface area contributed by atoms with Gasteiger partial charge < -0.3 is 10.6 Å². The van der Waals surface area contributed by atoms with Crippen LogP contribution in [0.3, 0.4) is 0 Å². The van der Waals surface area contributed by atoms with Crippen molar-refractivity contribution in [2.45, 2.75) is 6.54 Å². The second-order valence-corrected chi connectivity index (χ2v) is 6.30. The Morgan fingerprint density at radius 3 is 2.45 bits per heavy atom. The number of nitrogens with zero attached hydrogens (tertiary/aromatic N) is 3. The molecule has 0 radical (unpaired) electrons. The molecule has 0 spiro atoms. The molecule has 0 saturated heterocycles. The van der Waals surface area contributed by atoms with Crippen LogP contribution in [0.25, 0.3) is 11.3 Å². The van der Waals surface area contributed by atoms with Gasteiger partial charge in [0.2, 0.25) is 5.95 Å². The first kappa shape index (κ1) is 18.5. The zero-order valence-corrected chi connectivity index (χ0v) is 15.3. The van der Waals surface area contributed by atoms with Gasteiger partial charge in [-0.15, -0.1) is 0 Å². The van der Waals surface area contributed by atoms with E-state index in [0.29, 0.717) is 29.7 Å². The number of hydrogen-bond donors (Lipinski definition) is 2. The highest BCUT2D eigenvalue weighted by atomic mass is 19.2. The Balaban J connectivity index is 1.64. The quantitative estimate of drug-likeness (QED) is 0.476. The van der Waals surface area contributed by atoms with Crippen molar-refractivity contribution in [1.29, 1.82) is 0 Å². The molecule has 0 aliphatic heterocycles. The lowest BCUT2D eigenvalue weighted by Crippen LogP contribution is -2.06. The van der Waals surface area contributed by atoms with E-state index in [-0.39, 0.29) is 0 Å². The van der Waals surface area contributed by atoms with Crippen molar-refractivity contribution in [3.63, 3.8) is 0 Å². The summed E-state index contributed by atoms with van der Waals surface area (Å²) in [6.45, 7) is 0.497. The second kappa shape index (κ2) is 8.43. The predicted octanol–water partition coefficient (Wildman–Crippen LogP) is 5.17. The first-order valence-electron chi connectivity index (χ1n) is 8.97. The Morgan fingerprint density at radius 2 is 1.69 bits per heavy atom. The second-order valence-electron chi connectivity index (χ2n) is 6.30. The van der Waals surface area contributed by atoms with Crippen LogP contribution >= 0.6 is 0 Å². The maximum atomic E-state index is 13.5. The van der Waals surface area contributed by atoms with Crippen LogP contribution in [0.5, 0.6) is 0 Å². The molecule has 4 aromatic rings. The molecule has 2 aromatic carbocycles. The fourth-order valence-corrected chi connectivity index (χ4v) is 2.75. The largest absolute Gasteiger partial charge is 0.350 e. The summed E-state index contributed by atoms with van der Waals surface area (Å²) in [5.74, 6) is -0.969. The van der Waals surface area contributed by atoms with Gasteiger partial charge >= 0.3 is 0 Å². The van der Waals surface area contributed by atoms with Gasteiger partial charge in [-0.1, -0.05) is 36.4 Å². The SMILES string of the molecule is Fc1ccc(Nc2cc(-c3ccccc3)nc(NCc3cccnc3)n2)cc1F. The van der Waals surface area contributed by atoms with Crippen molar-refractivity contribution in [3.05, 3.63) is 96.3 Å². The molecule has 5 nitrogen and oxygen atoms in total. The molecule has 0 aliphatic rings. The van der Waals surface area contributed by atoms with E-state index < -0.39 is 11.6 Å². The van der Waals surface area contributed by atoms with E-state index in [2.05, 4.69) is 25.6 Å². The minimum absolute atomic E-state index is 0.389. The molecular formula is C22H17F2N5. The van der Waals surface area contributed by atoms with E-state index in [9.17, 15) is 8.78 Å². The van der Waals surface area contributed by atoms with Crippen molar-refractivity contribution >= 4 is 17.5 Å². The molecule has 4 rings (SSSR count). The van der Waals surface area contributed by atoms with Crippen LogP contribution in [0.4, 0.5) is 26.2 Å². The van der Waals surface area contributed by atoms with Crippen molar-refractivity contribution < 1.29 is 8.78 Å². The number of nitrogens with one attached hydrogen (secondary N) is 2. The van der Waals surface area contributed by atoms with Gasteiger partial charge in [-0.3, -0.25) is 4.98 Å². The van der Waals surface area contributed by atoms with Gasteiger partial charge in [-0.05, 0) is 23.8 Å². The summed E-state index contributed by atoms with van der Waals surface area (Å²) in [4.78, 5) is 13.1. The van der Waals surface area contributed by atoms with Gasteiger partial charge in [-0.25, -0.2) is 13.8 Å². The van der Waals surface area contributed by atoms with Crippen molar-refractivity contribution in [2.24, 2.45) is 0 Å². The molecule has 7 heteroatoms. The molecule has 2 N–H and O–H groups in total. The van der Waals surface area contributed by atoms with Crippen LogP contribution in [0, 0.1) is 11.6 Å². The molecule has 144 valence electrons. The number of halogens is 2. The highest BCUT2D eigenvalue weighted by Gasteiger charge is 2.09. The van der Waals surface area contributed by atoms with Crippen LogP contribution < -0.4 is 10.6 Å². The molecule has 0 amide bonds. The minimum atomic E-state index is -0.928. The first-order chi connectivity index (χ1) is 14.2. The normalized spacial score (nSPS) is 10.6. The summed E-state index contributed by atoms with van der Waals surface area (Å²) < 4.78 is 26.8. The van der Waals surface area contributed by atoms with Gasteiger partial charge in [0.15, 0.2) is 11.6 Å². The summed E-state index contributed by atoms with van der Waals surface area (Å²) in [6.07, 6.45) is 3.47. The van der Waals surface area contributed by atoms with Crippen LogP contribution in [0.1, 0.15) is 5.56 Å².